The average molecular weight is 347 g/mol. The number of hydrogen-bond acceptors (Lipinski definition) is 5. The van der Waals surface area contributed by atoms with Crippen molar-refractivity contribution in [3.8, 4) is 0 Å². The summed E-state index contributed by atoms with van der Waals surface area (Å²) in [7, 11) is 1.59. The summed E-state index contributed by atoms with van der Waals surface area (Å²) in [5, 5.41) is 11.6. The SMILES string of the molecule is CN(CCn1ccc2c([N+](=O)[O-])cccc2c1=O)C(=O)OC(C)(C)C. The highest BCUT2D eigenvalue weighted by Crippen LogP contribution is 2.22. The number of carbonyl (C=O) groups excluding carboxylic acids is 1. The predicted molar refractivity (Wildman–Crippen MR) is 93.7 cm³/mol. The molecule has 0 bridgehead atoms. The van der Waals surface area contributed by atoms with Crippen molar-refractivity contribution >= 4 is 22.6 Å². The number of non-ortho nitro benzene ring substituents is 1. The fourth-order valence-corrected chi connectivity index (χ4v) is 2.33. The molecule has 0 spiro atoms. The number of nitro benzene ring substituents is 1. The molecule has 1 amide bonds. The molecule has 0 N–H and O–H groups in total. The first-order chi connectivity index (χ1) is 11.6. The quantitative estimate of drug-likeness (QED) is 0.626. The van der Waals surface area contributed by atoms with Gasteiger partial charge in [-0.2, -0.15) is 0 Å². The van der Waals surface area contributed by atoms with Crippen molar-refractivity contribution in [2.24, 2.45) is 0 Å². The molecule has 1 aromatic carbocycles. The van der Waals surface area contributed by atoms with Crippen molar-refractivity contribution < 1.29 is 14.5 Å². The Morgan fingerprint density at radius 1 is 1.28 bits per heavy atom. The molecule has 0 saturated heterocycles. The summed E-state index contributed by atoms with van der Waals surface area (Å²) < 4.78 is 6.68. The lowest BCUT2D eigenvalue weighted by atomic mass is 10.1. The van der Waals surface area contributed by atoms with Crippen molar-refractivity contribution in [3.63, 3.8) is 0 Å². The zero-order valence-electron chi connectivity index (χ0n) is 14.7. The summed E-state index contributed by atoms with van der Waals surface area (Å²) in [6.07, 6.45) is 1.03. The number of fused-ring (bicyclic) bond motifs is 1. The molecule has 0 fully saturated rings. The maximum atomic E-state index is 12.5. The fourth-order valence-electron chi connectivity index (χ4n) is 2.33. The van der Waals surface area contributed by atoms with Crippen molar-refractivity contribution in [2.45, 2.75) is 32.9 Å². The van der Waals surface area contributed by atoms with Gasteiger partial charge in [-0.1, -0.05) is 6.07 Å². The van der Waals surface area contributed by atoms with Crippen molar-refractivity contribution in [3.05, 3.63) is 50.9 Å². The van der Waals surface area contributed by atoms with Gasteiger partial charge in [0, 0.05) is 32.4 Å². The molecule has 0 aliphatic rings. The Balaban J connectivity index is 2.20. The van der Waals surface area contributed by atoms with E-state index in [2.05, 4.69) is 0 Å². The molecule has 0 saturated carbocycles. The molecule has 0 unspecified atom stereocenters. The van der Waals surface area contributed by atoms with Gasteiger partial charge in [-0.25, -0.2) is 4.79 Å². The molecule has 2 rings (SSSR count). The second-order valence-corrected chi connectivity index (χ2v) is 6.71. The van der Waals surface area contributed by atoms with Crippen LogP contribution in [0.5, 0.6) is 0 Å². The van der Waals surface area contributed by atoms with E-state index >= 15 is 0 Å². The number of carbonyl (C=O) groups is 1. The molecule has 2 aromatic rings. The third-order valence-corrected chi connectivity index (χ3v) is 3.57. The van der Waals surface area contributed by atoms with E-state index < -0.39 is 16.6 Å². The van der Waals surface area contributed by atoms with E-state index in [1.54, 1.807) is 40.0 Å². The highest BCUT2D eigenvalue weighted by Gasteiger charge is 2.20. The number of aromatic nitrogens is 1. The number of benzene rings is 1. The Morgan fingerprint density at radius 3 is 2.56 bits per heavy atom. The Morgan fingerprint density at radius 2 is 1.96 bits per heavy atom. The van der Waals surface area contributed by atoms with Crippen molar-refractivity contribution in [2.75, 3.05) is 13.6 Å². The molecule has 134 valence electrons. The van der Waals surface area contributed by atoms with E-state index in [4.69, 9.17) is 4.74 Å². The summed E-state index contributed by atoms with van der Waals surface area (Å²) in [6, 6.07) is 5.95. The summed E-state index contributed by atoms with van der Waals surface area (Å²) in [5.41, 5.74) is -1.03. The smallest absolute Gasteiger partial charge is 0.410 e. The number of hydrogen-bond donors (Lipinski definition) is 0. The maximum absolute atomic E-state index is 12.5. The number of rotatable bonds is 4. The highest BCUT2D eigenvalue weighted by molar-refractivity contribution is 5.89. The lowest BCUT2D eigenvalue weighted by Crippen LogP contribution is -2.37. The molecule has 0 aliphatic carbocycles. The largest absolute Gasteiger partial charge is 0.444 e. The minimum Gasteiger partial charge on any atom is -0.444 e. The molecule has 1 heterocycles. The first-order valence-electron chi connectivity index (χ1n) is 7.81. The molecule has 8 heteroatoms. The van der Waals surface area contributed by atoms with Crippen molar-refractivity contribution in [1.82, 2.24) is 9.47 Å². The first kappa shape index (κ1) is 18.4. The normalized spacial score (nSPS) is 11.4. The zero-order chi connectivity index (χ0) is 18.8. The van der Waals surface area contributed by atoms with Crippen LogP contribution < -0.4 is 5.56 Å². The van der Waals surface area contributed by atoms with E-state index in [1.807, 2.05) is 0 Å². The van der Waals surface area contributed by atoms with E-state index in [1.165, 1.54) is 27.8 Å². The van der Waals surface area contributed by atoms with Gasteiger partial charge in [0.2, 0.25) is 0 Å². The number of likely N-dealkylation sites (N-methyl/N-ethyl adjacent to an activating group) is 1. The third-order valence-electron chi connectivity index (χ3n) is 3.57. The lowest BCUT2D eigenvalue weighted by molar-refractivity contribution is -0.383. The van der Waals surface area contributed by atoms with Crippen LogP contribution in [0.1, 0.15) is 20.8 Å². The van der Waals surface area contributed by atoms with E-state index in [0.29, 0.717) is 5.39 Å². The van der Waals surface area contributed by atoms with E-state index in [9.17, 15) is 19.7 Å². The minimum atomic E-state index is -0.593. The topological polar surface area (TPSA) is 94.7 Å². The van der Waals surface area contributed by atoms with Gasteiger partial charge < -0.3 is 14.2 Å². The van der Waals surface area contributed by atoms with Gasteiger partial charge in [0.1, 0.15) is 5.60 Å². The molecule has 0 aliphatic heterocycles. The van der Waals surface area contributed by atoms with Gasteiger partial charge in [0.05, 0.1) is 15.7 Å². The Labute approximate surface area is 144 Å². The molecular weight excluding hydrogens is 326 g/mol. The van der Waals surface area contributed by atoms with Crippen LogP contribution in [0.4, 0.5) is 10.5 Å². The van der Waals surface area contributed by atoms with Crippen LogP contribution in [-0.2, 0) is 11.3 Å². The molecule has 0 radical (unpaired) electrons. The monoisotopic (exact) mass is 347 g/mol. The molecule has 8 nitrogen and oxygen atoms in total. The number of ether oxygens (including phenoxy) is 1. The average Bonchev–Trinajstić information content (AvgIpc) is 2.51. The van der Waals surface area contributed by atoms with E-state index in [0.717, 1.165) is 0 Å². The Kier molecular flexibility index (Phi) is 5.10. The van der Waals surface area contributed by atoms with Gasteiger partial charge in [0.25, 0.3) is 11.2 Å². The first-order valence-corrected chi connectivity index (χ1v) is 7.81. The van der Waals surface area contributed by atoms with Crippen LogP contribution >= 0.6 is 0 Å². The molecule has 1 aromatic heterocycles. The van der Waals surface area contributed by atoms with Crippen LogP contribution in [0.3, 0.4) is 0 Å². The van der Waals surface area contributed by atoms with Gasteiger partial charge in [-0.15, -0.1) is 0 Å². The summed E-state index contributed by atoms with van der Waals surface area (Å²) in [5.74, 6) is 0. The summed E-state index contributed by atoms with van der Waals surface area (Å²) >= 11 is 0. The van der Waals surface area contributed by atoms with Crippen LogP contribution in [-0.4, -0.2) is 39.7 Å². The Bertz CT molecular complexity index is 867. The summed E-state index contributed by atoms with van der Waals surface area (Å²) in [4.78, 5) is 36.4. The Hall–Kier alpha value is -2.90. The van der Waals surface area contributed by atoms with Crippen LogP contribution in [0.25, 0.3) is 10.8 Å². The van der Waals surface area contributed by atoms with Crippen LogP contribution in [0.2, 0.25) is 0 Å². The predicted octanol–water partition coefficient (Wildman–Crippen LogP) is 2.78. The number of nitro groups is 1. The van der Waals surface area contributed by atoms with Gasteiger partial charge >= 0.3 is 6.09 Å². The number of amides is 1. The second-order valence-electron chi connectivity index (χ2n) is 6.71. The van der Waals surface area contributed by atoms with E-state index in [-0.39, 0.29) is 29.7 Å². The van der Waals surface area contributed by atoms with Gasteiger partial charge in [-0.3, -0.25) is 14.9 Å². The second kappa shape index (κ2) is 6.92. The lowest BCUT2D eigenvalue weighted by Gasteiger charge is -2.24. The fraction of sp³-hybridized carbons (Fsp3) is 0.412. The third kappa shape index (κ3) is 4.34. The summed E-state index contributed by atoms with van der Waals surface area (Å²) in [6.45, 7) is 5.86. The van der Waals surface area contributed by atoms with Gasteiger partial charge in [0.15, 0.2) is 0 Å². The maximum Gasteiger partial charge on any atom is 0.410 e. The standard InChI is InChI=1S/C17H21N3O5/c1-17(2,3)25-16(22)18(4)10-11-19-9-8-12-13(15(19)21)6-5-7-14(12)20(23)24/h5-9H,10-11H2,1-4H3. The number of pyridine rings is 1. The van der Waals surface area contributed by atoms with Crippen LogP contribution in [0.15, 0.2) is 35.3 Å². The minimum absolute atomic E-state index is 0.104. The molecular formula is C17H21N3O5. The number of nitrogens with zero attached hydrogens (tertiary/aromatic N) is 3. The zero-order valence-corrected chi connectivity index (χ0v) is 14.7. The van der Waals surface area contributed by atoms with Crippen molar-refractivity contribution in [1.29, 1.82) is 0 Å². The molecule has 0 atom stereocenters. The van der Waals surface area contributed by atoms with Gasteiger partial charge in [-0.05, 0) is 32.9 Å². The van der Waals surface area contributed by atoms with Crippen LogP contribution in [0, 0.1) is 10.1 Å². The molecule has 25 heavy (non-hydrogen) atoms. The highest BCUT2D eigenvalue weighted by atomic mass is 16.6.